The van der Waals surface area contributed by atoms with Crippen molar-refractivity contribution in [2.75, 3.05) is 6.26 Å². The summed E-state index contributed by atoms with van der Waals surface area (Å²) in [6, 6.07) is 13.1. The molecule has 152 valence electrons. The lowest BCUT2D eigenvalue weighted by Gasteiger charge is -2.10. The topological polar surface area (TPSA) is 94.0 Å². The number of benzene rings is 2. The van der Waals surface area contributed by atoms with Crippen LogP contribution in [0.4, 0.5) is 4.39 Å². The van der Waals surface area contributed by atoms with E-state index < -0.39 is 27.3 Å². The highest BCUT2D eigenvalue weighted by atomic mass is 35.5. The molecule has 10 heteroatoms. The molecule has 7 nitrogen and oxygen atoms in total. The Balaban J connectivity index is 1.88. The largest absolute Gasteiger partial charge is 0.268 e. The lowest BCUT2D eigenvalue weighted by molar-refractivity contribution is 0.0978. The second-order valence-corrected chi connectivity index (χ2v) is 8.66. The Hall–Kier alpha value is -3.30. The Morgan fingerprint density at radius 1 is 1.17 bits per heavy atom. The molecule has 0 atom stereocenters. The number of hydrogen-bond donors (Lipinski definition) is 1. The number of sulfonamides is 1. The van der Waals surface area contributed by atoms with Crippen molar-refractivity contribution < 1.29 is 17.6 Å². The average molecular weight is 445 g/mol. The van der Waals surface area contributed by atoms with E-state index in [4.69, 9.17) is 11.6 Å². The molecule has 0 saturated carbocycles. The molecule has 0 aliphatic carbocycles. The second-order valence-electron chi connectivity index (χ2n) is 6.51. The molecule has 0 spiro atoms. The number of fused-ring (bicyclic) bond motifs is 1. The summed E-state index contributed by atoms with van der Waals surface area (Å²) >= 11 is 6.34. The second kappa shape index (κ2) is 7.51. The number of halogens is 2. The van der Waals surface area contributed by atoms with E-state index in [1.807, 2.05) is 24.3 Å². The monoisotopic (exact) mass is 444 g/mol. The predicted octanol–water partition coefficient (Wildman–Crippen LogP) is 3.57. The molecule has 2 aromatic heterocycles. The lowest BCUT2D eigenvalue weighted by atomic mass is 10.1. The molecule has 0 bridgehead atoms. The molecule has 0 saturated heterocycles. The Morgan fingerprint density at radius 3 is 2.63 bits per heavy atom. The molecule has 0 fully saturated rings. The zero-order valence-corrected chi connectivity index (χ0v) is 17.1. The maximum atomic E-state index is 14.7. The SMILES string of the molecule is CS(=O)(=O)NC(=O)c1cc(Cl)c(-n2nc(-c3cccnc3)c3ccccc32)cc1F. The maximum absolute atomic E-state index is 14.7. The van der Waals surface area contributed by atoms with Gasteiger partial charge in [-0.3, -0.25) is 9.78 Å². The molecule has 0 aliphatic rings. The number of rotatable bonds is 4. The standard InChI is InChI=1S/C20H14ClFN4O3S/c1-30(28,29)25-20(27)14-9-15(21)18(10-16(14)22)26-17-7-3-2-6-13(17)19(24-26)12-5-4-8-23-11-12/h2-11H,1H3,(H,25,27). The zero-order valence-electron chi connectivity index (χ0n) is 15.5. The summed E-state index contributed by atoms with van der Waals surface area (Å²) < 4.78 is 40.5. The number of para-hydroxylation sites is 1. The summed E-state index contributed by atoms with van der Waals surface area (Å²) in [6.07, 6.45) is 4.11. The van der Waals surface area contributed by atoms with Crippen LogP contribution in [0.1, 0.15) is 10.4 Å². The molecule has 1 amide bonds. The molecule has 30 heavy (non-hydrogen) atoms. The summed E-state index contributed by atoms with van der Waals surface area (Å²) in [4.78, 5) is 16.2. The van der Waals surface area contributed by atoms with Gasteiger partial charge >= 0.3 is 0 Å². The minimum Gasteiger partial charge on any atom is -0.268 e. The van der Waals surface area contributed by atoms with Crippen LogP contribution in [0, 0.1) is 5.82 Å². The first-order chi connectivity index (χ1) is 14.2. The quantitative estimate of drug-likeness (QED) is 0.519. The Labute approximate surface area is 176 Å². The van der Waals surface area contributed by atoms with Gasteiger partial charge in [-0.1, -0.05) is 29.8 Å². The molecule has 2 heterocycles. The van der Waals surface area contributed by atoms with Crippen molar-refractivity contribution in [2.45, 2.75) is 0 Å². The van der Waals surface area contributed by atoms with Gasteiger partial charge in [-0.05, 0) is 24.3 Å². The van der Waals surface area contributed by atoms with Crippen LogP contribution in [-0.2, 0) is 10.0 Å². The van der Waals surface area contributed by atoms with Crippen molar-refractivity contribution in [3.8, 4) is 16.9 Å². The van der Waals surface area contributed by atoms with Crippen LogP contribution in [-0.4, -0.2) is 35.3 Å². The number of pyridine rings is 1. The van der Waals surface area contributed by atoms with Gasteiger partial charge in [0.1, 0.15) is 11.5 Å². The summed E-state index contributed by atoms with van der Waals surface area (Å²) in [6.45, 7) is 0. The van der Waals surface area contributed by atoms with E-state index in [1.165, 1.54) is 4.68 Å². The smallest absolute Gasteiger partial charge is 0.267 e. The van der Waals surface area contributed by atoms with E-state index in [0.29, 0.717) is 11.2 Å². The average Bonchev–Trinajstić information content (AvgIpc) is 3.08. The third-order valence-electron chi connectivity index (χ3n) is 4.31. The summed E-state index contributed by atoms with van der Waals surface area (Å²) in [7, 11) is -3.85. The predicted molar refractivity (Wildman–Crippen MR) is 112 cm³/mol. The third-order valence-corrected chi connectivity index (χ3v) is 5.17. The van der Waals surface area contributed by atoms with Crippen molar-refractivity contribution >= 4 is 38.4 Å². The van der Waals surface area contributed by atoms with Crippen LogP contribution >= 0.6 is 11.6 Å². The summed E-state index contributed by atoms with van der Waals surface area (Å²) in [5.41, 5.74) is 1.79. The fourth-order valence-electron chi connectivity index (χ4n) is 3.06. The number of carbonyl (C=O) groups excluding carboxylic acids is 1. The Bertz CT molecular complexity index is 1390. The highest BCUT2D eigenvalue weighted by Gasteiger charge is 2.21. The number of amides is 1. The van der Waals surface area contributed by atoms with Gasteiger partial charge in [-0.25, -0.2) is 22.2 Å². The van der Waals surface area contributed by atoms with Gasteiger partial charge in [0.2, 0.25) is 10.0 Å². The first kappa shape index (κ1) is 20.0. The first-order valence-electron chi connectivity index (χ1n) is 8.64. The van der Waals surface area contributed by atoms with E-state index in [-0.39, 0.29) is 10.7 Å². The van der Waals surface area contributed by atoms with Crippen molar-refractivity contribution in [1.82, 2.24) is 19.5 Å². The molecule has 1 N–H and O–H groups in total. The van der Waals surface area contributed by atoms with Crippen LogP contribution < -0.4 is 4.72 Å². The number of nitrogens with one attached hydrogen (secondary N) is 1. The van der Waals surface area contributed by atoms with Crippen LogP contribution in [0.15, 0.2) is 60.9 Å². The number of carbonyl (C=O) groups is 1. The van der Waals surface area contributed by atoms with Crippen LogP contribution in [0.25, 0.3) is 27.8 Å². The molecular formula is C20H14ClFN4O3S. The fraction of sp³-hybridized carbons (Fsp3) is 0.0500. The normalized spacial score (nSPS) is 11.6. The van der Waals surface area contributed by atoms with Crippen LogP contribution in [0.2, 0.25) is 5.02 Å². The number of nitrogens with zero attached hydrogens (tertiary/aromatic N) is 3. The van der Waals surface area contributed by atoms with Crippen LogP contribution in [0.5, 0.6) is 0 Å². The highest BCUT2D eigenvalue weighted by molar-refractivity contribution is 7.89. The third kappa shape index (κ3) is 3.77. The molecule has 0 radical (unpaired) electrons. The molecule has 0 aliphatic heterocycles. The van der Waals surface area contributed by atoms with Gasteiger partial charge in [0.25, 0.3) is 5.91 Å². The van der Waals surface area contributed by atoms with Crippen molar-refractivity contribution in [2.24, 2.45) is 0 Å². The summed E-state index contributed by atoms with van der Waals surface area (Å²) in [5.74, 6) is -2.04. The minimum absolute atomic E-state index is 0.0287. The molecule has 0 unspecified atom stereocenters. The molecular weight excluding hydrogens is 431 g/mol. The van der Waals surface area contributed by atoms with Gasteiger partial charge in [0.15, 0.2) is 0 Å². The van der Waals surface area contributed by atoms with E-state index in [1.54, 1.807) is 29.2 Å². The van der Waals surface area contributed by atoms with E-state index in [2.05, 4.69) is 10.1 Å². The highest BCUT2D eigenvalue weighted by Crippen LogP contribution is 2.32. The number of hydrogen-bond acceptors (Lipinski definition) is 5. The molecule has 2 aromatic carbocycles. The minimum atomic E-state index is -3.85. The van der Waals surface area contributed by atoms with Gasteiger partial charge in [0.05, 0.1) is 28.0 Å². The van der Waals surface area contributed by atoms with Crippen molar-refractivity contribution in [1.29, 1.82) is 0 Å². The van der Waals surface area contributed by atoms with Gasteiger partial charge in [-0.2, -0.15) is 5.10 Å². The van der Waals surface area contributed by atoms with Crippen molar-refractivity contribution in [3.05, 3.63) is 77.3 Å². The van der Waals surface area contributed by atoms with Crippen LogP contribution in [0.3, 0.4) is 0 Å². The van der Waals surface area contributed by atoms with E-state index >= 15 is 0 Å². The molecule has 4 aromatic rings. The summed E-state index contributed by atoms with van der Waals surface area (Å²) in [5, 5.41) is 5.43. The van der Waals surface area contributed by atoms with E-state index in [0.717, 1.165) is 29.3 Å². The van der Waals surface area contributed by atoms with Gasteiger partial charge < -0.3 is 0 Å². The maximum Gasteiger partial charge on any atom is 0.267 e. The van der Waals surface area contributed by atoms with E-state index in [9.17, 15) is 17.6 Å². The van der Waals surface area contributed by atoms with Crippen molar-refractivity contribution in [3.63, 3.8) is 0 Å². The fourth-order valence-corrected chi connectivity index (χ4v) is 3.75. The lowest BCUT2D eigenvalue weighted by Crippen LogP contribution is -2.30. The van der Waals surface area contributed by atoms with Gasteiger partial charge in [-0.15, -0.1) is 0 Å². The van der Waals surface area contributed by atoms with Gasteiger partial charge in [0, 0.05) is 29.4 Å². The first-order valence-corrected chi connectivity index (χ1v) is 10.9. The number of aromatic nitrogens is 3. The zero-order chi connectivity index (χ0) is 21.5. The Kier molecular flexibility index (Phi) is 5.00. The Morgan fingerprint density at radius 2 is 1.93 bits per heavy atom. The molecule has 4 rings (SSSR count).